The van der Waals surface area contributed by atoms with Gasteiger partial charge in [0.1, 0.15) is 0 Å². The molecular formula is H30CrNO20S2+2. The molecule has 0 rings (SSSR count). The van der Waals surface area contributed by atoms with Gasteiger partial charge in [0.2, 0.25) is 20.8 Å². The van der Waals surface area contributed by atoms with Crippen LogP contribution >= 0.6 is 0 Å². The predicted octanol–water partition coefficient (Wildman–Crippen LogP) is -11.5. The summed E-state index contributed by atoms with van der Waals surface area (Å²) in [6, 6.07) is 0. The van der Waals surface area contributed by atoms with Gasteiger partial charge in [0.05, 0.1) is 0 Å². The van der Waals surface area contributed by atoms with Crippen molar-refractivity contribution in [3.05, 3.63) is 0 Å². The van der Waals surface area contributed by atoms with Crippen LogP contribution in [0.3, 0.4) is 0 Å². The van der Waals surface area contributed by atoms with Crippen LogP contribution in [0.2, 0.25) is 0 Å². The Morgan fingerprint density at radius 1 is 0.458 bits per heavy atom. The Balaban J connectivity index is -0.00000000241. The summed E-state index contributed by atoms with van der Waals surface area (Å²) in [6.45, 7) is 0. The molecule has 0 aliphatic heterocycles. The molecule has 1 radical (unpaired) electrons. The number of hydrogen-bond acceptors (Lipinski definition) is 6. The molecule has 0 unspecified atom stereocenters. The molecule has 0 saturated heterocycles. The third-order valence-electron chi connectivity index (χ3n) is 0. The van der Waals surface area contributed by atoms with E-state index in [1.165, 1.54) is 0 Å². The van der Waals surface area contributed by atoms with Crippen molar-refractivity contribution in [3.8, 4) is 0 Å². The van der Waals surface area contributed by atoms with Crippen molar-refractivity contribution in [3.63, 3.8) is 0 Å². The van der Waals surface area contributed by atoms with Crippen LogP contribution in [0.4, 0.5) is 0 Å². The van der Waals surface area contributed by atoms with Crippen molar-refractivity contribution < 1.29 is 118 Å². The minimum absolute atomic E-state index is 0. The van der Waals surface area contributed by atoms with Crippen LogP contribution in [0.25, 0.3) is 0 Å². The number of rotatable bonds is 0. The third kappa shape index (κ3) is 153000. The van der Waals surface area contributed by atoms with Gasteiger partial charge in [-0.2, -0.15) is 0 Å². The molecule has 24 heavy (non-hydrogen) atoms. The van der Waals surface area contributed by atoms with E-state index in [1.807, 2.05) is 0 Å². The van der Waals surface area contributed by atoms with Gasteiger partial charge in [0, 0.05) is 0 Å². The molecular weight excluding hydrogens is 450 g/mol. The van der Waals surface area contributed by atoms with Gasteiger partial charge in [0.25, 0.3) is 0 Å². The van der Waals surface area contributed by atoms with Crippen molar-refractivity contribution in [2.24, 2.45) is 0 Å². The standard InChI is InChI=1S/Cr.H3N.2H2O4S.12H2O/c;;2*1-5(2,3)4;;;;;;;;;;;;/h;1H3;2*(H2,1,2,3,4);12*1H2/q+3;;;;;;;;;;;;;;;/p-1. The maximum absolute atomic E-state index is 8.63. The molecule has 0 bridgehead atoms. The molecule has 0 aromatic carbocycles. The van der Waals surface area contributed by atoms with Crippen molar-refractivity contribution in [2.75, 3.05) is 0 Å². The van der Waals surface area contributed by atoms with E-state index in [1.54, 1.807) is 0 Å². The third-order valence-corrected chi connectivity index (χ3v) is 0. The van der Waals surface area contributed by atoms with Crippen molar-refractivity contribution in [1.82, 2.24) is 6.15 Å². The van der Waals surface area contributed by atoms with Crippen LogP contribution < -0.4 is 6.15 Å². The van der Waals surface area contributed by atoms with Gasteiger partial charge >= 0.3 is 17.4 Å². The average Bonchev–Trinajstić information content (AvgIpc) is 1.12. The Morgan fingerprint density at radius 2 is 0.458 bits per heavy atom. The Morgan fingerprint density at radius 3 is 0.458 bits per heavy atom. The summed E-state index contributed by atoms with van der Waals surface area (Å²) >= 11 is 0. The molecule has 0 aromatic rings. The number of hydrogen-bond donors (Lipinski definition) is 3. The minimum Gasteiger partial charge on any atom is -0.726 e. The van der Waals surface area contributed by atoms with Crippen LogP contribution in [-0.2, 0) is 38.2 Å². The molecule has 0 atom stereocenters. The summed E-state index contributed by atoms with van der Waals surface area (Å²) in [5.74, 6) is 0. The molecule has 0 saturated carbocycles. The second kappa shape index (κ2) is 77.9. The Kier molecular flexibility index (Phi) is 664. The van der Waals surface area contributed by atoms with Crippen LogP contribution in [0.15, 0.2) is 0 Å². The first-order chi connectivity index (χ1) is 4.00. The van der Waals surface area contributed by atoms with Gasteiger partial charge in [-0.25, -0.2) is 16.8 Å². The zero-order chi connectivity index (χ0) is 9.00. The van der Waals surface area contributed by atoms with E-state index < -0.39 is 20.8 Å². The molecule has 0 amide bonds. The van der Waals surface area contributed by atoms with E-state index in [0.29, 0.717) is 0 Å². The van der Waals surface area contributed by atoms with Crippen LogP contribution in [0.5, 0.6) is 0 Å². The largest absolute Gasteiger partial charge is 3.00 e. The average molecular weight is 480 g/mol. The fraction of sp³-hybridized carbons (Fsp3) is 0. The second-order valence-electron chi connectivity index (χ2n) is 0.855. The Labute approximate surface area is 145 Å². The van der Waals surface area contributed by atoms with E-state index in [-0.39, 0.29) is 89.2 Å². The van der Waals surface area contributed by atoms with E-state index in [9.17, 15) is 0 Å². The molecule has 0 heterocycles. The first-order valence-electron chi connectivity index (χ1n) is 1.37. The van der Waals surface area contributed by atoms with Crippen molar-refractivity contribution >= 4 is 20.8 Å². The summed E-state index contributed by atoms with van der Waals surface area (Å²) in [4.78, 5) is 0. The van der Waals surface area contributed by atoms with E-state index in [4.69, 9.17) is 35.0 Å². The van der Waals surface area contributed by atoms with Gasteiger partial charge in [-0.05, 0) is 0 Å². The molecule has 24 heteroatoms. The van der Waals surface area contributed by atoms with Crippen LogP contribution in [0.1, 0.15) is 0 Å². The van der Waals surface area contributed by atoms with Crippen molar-refractivity contribution in [2.45, 2.75) is 0 Å². The molecule has 171 valence electrons. The van der Waals surface area contributed by atoms with E-state index in [2.05, 4.69) is 0 Å². The summed E-state index contributed by atoms with van der Waals surface area (Å²) in [5, 5.41) is 0. The summed E-state index contributed by atoms with van der Waals surface area (Å²) in [5.41, 5.74) is 0. The molecule has 0 aliphatic rings. The second-order valence-corrected chi connectivity index (χ2v) is 2.57. The topological polar surface area (TPSA) is 569 Å². The molecule has 0 aliphatic carbocycles. The fourth-order valence-corrected chi connectivity index (χ4v) is 0. The first kappa shape index (κ1) is 205. The quantitative estimate of drug-likeness (QED) is 0.220. The van der Waals surface area contributed by atoms with E-state index >= 15 is 0 Å². The Hall–Kier alpha value is -0.248. The normalized spacial score (nSPS) is 4.83. The Bertz CT molecular complexity index is 218. The zero-order valence-electron chi connectivity index (χ0n) is 11.6. The van der Waals surface area contributed by atoms with Gasteiger partial charge in [0.15, 0.2) is 0 Å². The molecule has 30 N–H and O–H groups in total. The van der Waals surface area contributed by atoms with Gasteiger partial charge in [-0.3, -0.25) is 9.11 Å². The van der Waals surface area contributed by atoms with Crippen molar-refractivity contribution in [1.29, 1.82) is 0 Å². The van der Waals surface area contributed by atoms with Crippen LogP contribution in [0, 0.1) is 0 Å². The maximum Gasteiger partial charge on any atom is 3.00 e. The minimum atomic E-state index is -4.92. The van der Waals surface area contributed by atoms with Crippen LogP contribution in [-0.4, -0.2) is 101 Å². The predicted molar refractivity (Wildman–Crippen MR) is 74.0 cm³/mol. The maximum atomic E-state index is 8.63. The molecule has 0 aromatic heterocycles. The van der Waals surface area contributed by atoms with E-state index in [0.717, 1.165) is 0 Å². The zero-order valence-corrected chi connectivity index (χ0v) is 14.5. The molecule has 0 spiro atoms. The fourth-order valence-electron chi connectivity index (χ4n) is 0. The molecule has 21 nitrogen and oxygen atoms in total. The first-order valence-corrected chi connectivity index (χ1v) is 4.10. The monoisotopic (exact) mass is 480 g/mol. The summed E-state index contributed by atoms with van der Waals surface area (Å²) in [7, 11) is -9.83. The molecule has 0 fully saturated rings. The summed E-state index contributed by atoms with van der Waals surface area (Å²) in [6.07, 6.45) is 0. The summed E-state index contributed by atoms with van der Waals surface area (Å²) < 4.78 is 65.7. The smallest absolute Gasteiger partial charge is 0.726 e. The van der Waals surface area contributed by atoms with Gasteiger partial charge < -0.3 is 81.0 Å². The SMILES string of the molecule is O.O.O.O.O.O.O.O.O.O.O.O.O=S(=O)([O-])O.O=S(=O)([O-])O.[Cr+3].[NH4+]. The van der Waals surface area contributed by atoms with Gasteiger partial charge in [-0.1, -0.05) is 0 Å². The number of quaternary nitrogens is 1. The van der Waals surface area contributed by atoms with Gasteiger partial charge in [-0.15, -0.1) is 0 Å².